The van der Waals surface area contributed by atoms with E-state index in [2.05, 4.69) is 10.2 Å². The van der Waals surface area contributed by atoms with Crippen molar-refractivity contribution in [2.24, 2.45) is 7.05 Å². The number of nitrogens with zero attached hydrogens (tertiary/aromatic N) is 3. The Morgan fingerprint density at radius 2 is 1.81 bits per heavy atom. The van der Waals surface area contributed by atoms with Crippen LogP contribution >= 0.6 is 23.4 Å². The number of ketones is 1. The largest absolute Gasteiger partial charge is 0.486 e. The number of carbonyl (C=O) groups is 1. The molecule has 140 valence electrons. The van der Waals surface area contributed by atoms with E-state index >= 15 is 0 Å². The van der Waals surface area contributed by atoms with Crippen LogP contribution in [0.4, 0.5) is 0 Å². The summed E-state index contributed by atoms with van der Waals surface area (Å²) in [7, 11) is 1.87. The molecule has 0 amide bonds. The smallest absolute Gasteiger partial charge is 0.191 e. The van der Waals surface area contributed by atoms with Gasteiger partial charge < -0.3 is 9.30 Å². The molecule has 0 unspecified atom stereocenters. The number of carbonyl (C=O) groups excluding carboxylic acids is 1. The summed E-state index contributed by atoms with van der Waals surface area (Å²) in [5, 5.41) is 9.44. The predicted octanol–water partition coefficient (Wildman–Crippen LogP) is 4.72. The molecule has 0 aliphatic carbocycles. The molecule has 7 heteroatoms. The maximum Gasteiger partial charge on any atom is 0.191 e. The summed E-state index contributed by atoms with van der Waals surface area (Å²) in [6.07, 6.45) is 0. The Labute approximate surface area is 167 Å². The van der Waals surface area contributed by atoms with E-state index in [-0.39, 0.29) is 17.6 Å². The number of Topliss-reactive ketones (excluding diaryl/α,β-unsaturated/α-hetero) is 1. The number of halogens is 1. The Morgan fingerprint density at radius 1 is 1.15 bits per heavy atom. The van der Waals surface area contributed by atoms with Crippen LogP contribution in [0.2, 0.25) is 5.02 Å². The minimum absolute atomic E-state index is 0.0713. The third kappa shape index (κ3) is 4.90. The molecular formula is C20H20ClN3O2S. The lowest BCUT2D eigenvalue weighted by Crippen LogP contribution is -2.14. The molecule has 3 rings (SSSR count). The fourth-order valence-electron chi connectivity index (χ4n) is 2.42. The molecule has 2 aromatic carbocycles. The summed E-state index contributed by atoms with van der Waals surface area (Å²) in [5.41, 5.74) is 1.83. The number of ether oxygens (including phenoxy) is 1. The molecule has 0 N–H and O–H groups in total. The van der Waals surface area contributed by atoms with Crippen molar-refractivity contribution < 1.29 is 9.53 Å². The lowest BCUT2D eigenvalue weighted by atomic mass is 10.1. The van der Waals surface area contributed by atoms with Crippen molar-refractivity contribution in [3.05, 3.63) is 70.5 Å². The van der Waals surface area contributed by atoms with Crippen LogP contribution in [0, 0.1) is 6.92 Å². The topological polar surface area (TPSA) is 57.0 Å². The maximum atomic E-state index is 12.6. The second-order valence-electron chi connectivity index (χ2n) is 6.19. The molecule has 0 saturated heterocycles. The van der Waals surface area contributed by atoms with E-state index in [1.54, 1.807) is 24.3 Å². The predicted molar refractivity (Wildman–Crippen MR) is 108 cm³/mol. The monoisotopic (exact) mass is 401 g/mol. The lowest BCUT2D eigenvalue weighted by Gasteiger charge is -2.10. The highest BCUT2D eigenvalue weighted by Crippen LogP contribution is 2.25. The highest BCUT2D eigenvalue weighted by molar-refractivity contribution is 8.00. The van der Waals surface area contributed by atoms with E-state index in [1.165, 1.54) is 11.8 Å². The number of aromatic nitrogens is 3. The molecule has 1 heterocycles. The number of thioether (sulfide) groups is 1. The summed E-state index contributed by atoms with van der Waals surface area (Å²) in [5.74, 6) is 1.46. The zero-order valence-corrected chi connectivity index (χ0v) is 16.9. The third-order valence-electron chi connectivity index (χ3n) is 4.09. The Morgan fingerprint density at radius 3 is 2.48 bits per heavy atom. The van der Waals surface area contributed by atoms with Gasteiger partial charge in [-0.15, -0.1) is 10.2 Å². The van der Waals surface area contributed by atoms with Crippen LogP contribution in [0.5, 0.6) is 5.75 Å². The number of rotatable bonds is 7. The minimum atomic E-state index is -0.263. The Kier molecular flexibility index (Phi) is 6.19. The molecular weight excluding hydrogens is 382 g/mol. The molecule has 1 atom stereocenters. The quantitative estimate of drug-likeness (QED) is 0.423. The van der Waals surface area contributed by atoms with Gasteiger partial charge in [-0.3, -0.25) is 4.79 Å². The van der Waals surface area contributed by atoms with E-state index < -0.39 is 0 Å². The van der Waals surface area contributed by atoms with Crippen LogP contribution in [0.1, 0.15) is 28.7 Å². The summed E-state index contributed by atoms with van der Waals surface area (Å²) in [6.45, 7) is 4.16. The number of benzene rings is 2. The molecule has 5 nitrogen and oxygen atoms in total. The maximum absolute atomic E-state index is 12.6. The van der Waals surface area contributed by atoms with Crippen LogP contribution in [0.15, 0.2) is 53.7 Å². The van der Waals surface area contributed by atoms with Gasteiger partial charge in [0.15, 0.2) is 16.8 Å². The number of hydrogen-bond donors (Lipinski definition) is 0. The van der Waals surface area contributed by atoms with E-state index in [1.807, 2.05) is 49.7 Å². The van der Waals surface area contributed by atoms with Crippen molar-refractivity contribution in [1.29, 1.82) is 0 Å². The Hall–Kier alpha value is -2.31. The first kappa shape index (κ1) is 19.5. The number of hydrogen-bond acceptors (Lipinski definition) is 5. The van der Waals surface area contributed by atoms with E-state index in [0.717, 1.165) is 5.56 Å². The second-order valence-corrected chi connectivity index (χ2v) is 7.94. The molecule has 3 aromatic rings. The third-order valence-corrected chi connectivity index (χ3v) is 5.48. The summed E-state index contributed by atoms with van der Waals surface area (Å²) >= 11 is 7.26. The van der Waals surface area contributed by atoms with Crippen molar-refractivity contribution in [3.63, 3.8) is 0 Å². The van der Waals surface area contributed by atoms with Gasteiger partial charge in [0.25, 0.3) is 0 Å². The van der Waals surface area contributed by atoms with E-state index in [9.17, 15) is 4.79 Å². The van der Waals surface area contributed by atoms with Crippen LogP contribution in [-0.2, 0) is 13.7 Å². The fourth-order valence-corrected chi connectivity index (χ4v) is 3.45. The minimum Gasteiger partial charge on any atom is -0.486 e. The van der Waals surface area contributed by atoms with E-state index in [0.29, 0.717) is 27.3 Å². The SMILES string of the molecule is Cc1ccc(C(=O)[C@@H](C)Sc2nnc(COc3ccc(Cl)cc3)n2C)cc1. The molecule has 0 bridgehead atoms. The first-order valence-corrected chi connectivity index (χ1v) is 9.74. The fraction of sp³-hybridized carbons (Fsp3) is 0.250. The summed E-state index contributed by atoms with van der Waals surface area (Å²) < 4.78 is 7.56. The Bertz CT molecular complexity index is 923. The normalized spacial score (nSPS) is 12.0. The molecule has 0 aliphatic heterocycles. The average molecular weight is 402 g/mol. The highest BCUT2D eigenvalue weighted by Gasteiger charge is 2.20. The molecule has 0 aliphatic rings. The van der Waals surface area contributed by atoms with Gasteiger partial charge in [0, 0.05) is 17.6 Å². The molecule has 0 radical (unpaired) electrons. The van der Waals surface area contributed by atoms with Crippen LogP contribution < -0.4 is 4.74 Å². The molecule has 0 fully saturated rings. The van der Waals surface area contributed by atoms with Crippen molar-refractivity contribution in [1.82, 2.24) is 14.8 Å². The van der Waals surface area contributed by atoms with Crippen molar-refractivity contribution in [2.75, 3.05) is 0 Å². The van der Waals surface area contributed by atoms with Crippen molar-refractivity contribution in [2.45, 2.75) is 30.9 Å². The van der Waals surface area contributed by atoms with Gasteiger partial charge in [-0.1, -0.05) is 53.2 Å². The van der Waals surface area contributed by atoms with Crippen LogP contribution in [-0.4, -0.2) is 25.8 Å². The van der Waals surface area contributed by atoms with Crippen molar-refractivity contribution in [3.8, 4) is 5.75 Å². The summed E-state index contributed by atoms with van der Waals surface area (Å²) in [6, 6.07) is 14.7. The first-order valence-electron chi connectivity index (χ1n) is 8.48. The standard InChI is InChI=1S/C20H20ClN3O2S/c1-13-4-6-15(7-5-13)19(25)14(2)27-20-23-22-18(24(20)3)12-26-17-10-8-16(21)9-11-17/h4-11,14H,12H2,1-3H3/t14-/m1/s1. The van der Waals surface area contributed by atoms with Gasteiger partial charge in [0.2, 0.25) is 0 Å². The lowest BCUT2D eigenvalue weighted by molar-refractivity contribution is 0.0994. The summed E-state index contributed by atoms with van der Waals surface area (Å²) in [4.78, 5) is 12.6. The second kappa shape index (κ2) is 8.59. The van der Waals surface area contributed by atoms with Gasteiger partial charge in [-0.05, 0) is 38.1 Å². The van der Waals surface area contributed by atoms with Crippen LogP contribution in [0.3, 0.4) is 0 Å². The van der Waals surface area contributed by atoms with E-state index in [4.69, 9.17) is 16.3 Å². The molecule has 1 aromatic heterocycles. The van der Waals surface area contributed by atoms with Gasteiger partial charge in [-0.2, -0.15) is 0 Å². The molecule has 27 heavy (non-hydrogen) atoms. The number of aryl methyl sites for hydroxylation is 1. The average Bonchev–Trinajstić information content (AvgIpc) is 3.01. The zero-order valence-electron chi connectivity index (χ0n) is 15.3. The van der Waals surface area contributed by atoms with Crippen LogP contribution in [0.25, 0.3) is 0 Å². The van der Waals surface area contributed by atoms with Gasteiger partial charge >= 0.3 is 0 Å². The highest BCUT2D eigenvalue weighted by atomic mass is 35.5. The van der Waals surface area contributed by atoms with Crippen molar-refractivity contribution >= 4 is 29.1 Å². The van der Waals surface area contributed by atoms with Gasteiger partial charge in [-0.25, -0.2) is 0 Å². The first-order chi connectivity index (χ1) is 12.9. The molecule has 0 spiro atoms. The van der Waals surface area contributed by atoms with Gasteiger partial charge in [0.05, 0.1) is 5.25 Å². The molecule has 0 saturated carbocycles. The van der Waals surface area contributed by atoms with Gasteiger partial charge in [0.1, 0.15) is 12.4 Å². The Balaban J connectivity index is 1.63. The zero-order chi connectivity index (χ0) is 19.4.